The molecule has 0 aromatic carbocycles. The Kier molecular flexibility index (Phi) is 3.70. The highest BCUT2D eigenvalue weighted by Gasteiger charge is 2.58. The van der Waals surface area contributed by atoms with Gasteiger partial charge in [0.1, 0.15) is 0 Å². The number of nitrogens with one attached hydrogen (secondary N) is 1. The third-order valence-corrected chi connectivity index (χ3v) is 2.90. The standard InChI is InChI=1S/C10H18F3N3/c1-7(2)16-8(14)15-6-9(4-3-5-9)10(11,12)13/h7H,3-6H2,1-2H3,(H3,14,15,16). The maximum absolute atomic E-state index is 12.7. The number of hydrogen-bond acceptors (Lipinski definition) is 1. The first-order chi connectivity index (χ1) is 7.27. The molecule has 6 heteroatoms. The van der Waals surface area contributed by atoms with Crippen LogP contribution in [0.3, 0.4) is 0 Å². The van der Waals surface area contributed by atoms with Gasteiger partial charge in [-0.15, -0.1) is 0 Å². The molecule has 1 aliphatic carbocycles. The summed E-state index contributed by atoms with van der Waals surface area (Å²) in [5.74, 6) is 0.0884. The molecule has 1 saturated carbocycles. The molecule has 0 bridgehead atoms. The second-order valence-electron chi connectivity index (χ2n) is 4.63. The van der Waals surface area contributed by atoms with Crippen molar-refractivity contribution in [2.75, 3.05) is 6.54 Å². The molecule has 0 aromatic rings. The summed E-state index contributed by atoms with van der Waals surface area (Å²) in [6.07, 6.45) is -3.23. The SMILES string of the molecule is CC(C)NC(N)=NCC1(C(F)(F)F)CCC1. The van der Waals surface area contributed by atoms with Gasteiger partial charge in [-0.2, -0.15) is 13.2 Å². The zero-order chi connectivity index (χ0) is 12.4. The van der Waals surface area contributed by atoms with Gasteiger partial charge in [-0.1, -0.05) is 6.42 Å². The Morgan fingerprint density at radius 3 is 2.31 bits per heavy atom. The Balaban J connectivity index is 2.58. The van der Waals surface area contributed by atoms with Crippen molar-refractivity contribution in [3.8, 4) is 0 Å². The number of halogens is 3. The van der Waals surface area contributed by atoms with Crippen molar-refractivity contribution in [2.45, 2.75) is 45.3 Å². The van der Waals surface area contributed by atoms with E-state index in [2.05, 4.69) is 10.3 Å². The predicted molar refractivity (Wildman–Crippen MR) is 57.1 cm³/mol. The van der Waals surface area contributed by atoms with Crippen molar-refractivity contribution in [1.82, 2.24) is 5.32 Å². The molecule has 1 rings (SSSR count). The maximum Gasteiger partial charge on any atom is 0.396 e. The molecular formula is C10H18F3N3. The van der Waals surface area contributed by atoms with Gasteiger partial charge in [0, 0.05) is 6.04 Å². The Labute approximate surface area is 93.3 Å². The Bertz CT molecular complexity index is 267. The number of alkyl halides is 3. The third kappa shape index (κ3) is 2.80. The van der Waals surface area contributed by atoms with Crippen LogP contribution < -0.4 is 11.1 Å². The summed E-state index contributed by atoms with van der Waals surface area (Å²) >= 11 is 0. The largest absolute Gasteiger partial charge is 0.396 e. The van der Waals surface area contributed by atoms with Crippen LogP contribution in [0.2, 0.25) is 0 Å². The van der Waals surface area contributed by atoms with Crippen LogP contribution >= 0.6 is 0 Å². The summed E-state index contributed by atoms with van der Waals surface area (Å²) in [4.78, 5) is 3.79. The molecule has 0 saturated heterocycles. The molecule has 0 heterocycles. The van der Waals surface area contributed by atoms with Gasteiger partial charge in [0.2, 0.25) is 0 Å². The van der Waals surface area contributed by atoms with Crippen molar-refractivity contribution in [3.63, 3.8) is 0 Å². The van der Waals surface area contributed by atoms with Gasteiger partial charge in [0.25, 0.3) is 0 Å². The highest BCUT2D eigenvalue weighted by molar-refractivity contribution is 5.78. The van der Waals surface area contributed by atoms with Crippen molar-refractivity contribution >= 4 is 5.96 Å². The Hall–Kier alpha value is -0.940. The molecule has 1 aliphatic rings. The van der Waals surface area contributed by atoms with E-state index in [0.29, 0.717) is 6.42 Å². The van der Waals surface area contributed by atoms with E-state index in [1.807, 2.05) is 13.8 Å². The van der Waals surface area contributed by atoms with E-state index in [-0.39, 0.29) is 31.4 Å². The number of rotatable bonds is 3. The van der Waals surface area contributed by atoms with Crippen molar-refractivity contribution < 1.29 is 13.2 Å². The van der Waals surface area contributed by atoms with Crippen LogP contribution in [0.5, 0.6) is 0 Å². The van der Waals surface area contributed by atoms with E-state index in [9.17, 15) is 13.2 Å². The number of guanidine groups is 1. The van der Waals surface area contributed by atoms with Gasteiger partial charge in [-0.3, -0.25) is 4.99 Å². The molecule has 94 valence electrons. The minimum atomic E-state index is -4.17. The maximum atomic E-state index is 12.7. The fourth-order valence-corrected chi connectivity index (χ4v) is 1.71. The normalized spacial score (nSPS) is 20.8. The van der Waals surface area contributed by atoms with Crippen molar-refractivity contribution in [3.05, 3.63) is 0 Å². The summed E-state index contributed by atoms with van der Waals surface area (Å²) in [5, 5.41) is 2.78. The van der Waals surface area contributed by atoms with Gasteiger partial charge in [-0.05, 0) is 26.7 Å². The Morgan fingerprint density at radius 1 is 1.44 bits per heavy atom. The first-order valence-electron chi connectivity index (χ1n) is 5.40. The van der Waals surface area contributed by atoms with Gasteiger partial charge in [-0.25, -0.2) is 0 Å². The molecule has 0 amide bonds. The predicted octanol–water partition coefficient (Wildman–Crippen LogP) is 2.03. The lowest BCUT2D eigenvalue weighted by atomic mass is 9.68. The molecule has 0 aromatic heterocycles. The fourth-order valence-electron chi connectivity index (χ4n) is 1.71. The molecule has 3 nitrogen and oxygen atoms in total. The minimum absolute atomic E-state index is 0.0759. The van der Waals surface area contributed by atoms with Gasteiger partial charge in [0.05, 0.1) is 12.0 Å². The van der Waals surface area contributed by atoms with Crippen LogP contribution in [-0.2, 0) is 0 Å². The monoisotopic (exact) mass is 237 g/mol. The molecule has 3 N–H and O–H groups in total. The first kappa shape index (κ1) is 13.1. The van der Waals surface area contributed by atoms with Crippen LogP contribution in [0.1, 0.15) is 33.1 Å². The van der Waals surface area contributed by atoms with Gasteiger partial charge < -0.3 is 11.1 Å². The number of hydrogen-bond donors (Lipinski definition) is 2. The summed E-state index contributed by atoms with van der Waals surface area (Å²) < 4.78 is 38.2. The van der Waals surface area contributed by atoms with E-state index in [1.54, 1.807) is 0 Å². The average Bonchev–Trinajstić information content (AvgIpc) is 1.97. The van der Waals surface area contributed by atoms with Crippen molar-refractivity contribution in [1.29, 1.82) is 0 Å². The molecule has 0 spiro atoms. The van der Waals surface area contributed by atoms with E-state index < -0.39 is 11.6 Å². The number of nitrogens with zero attached hydrogens (tertiary/aromatic N) is 1. The van der Waals surface area contributed by atoms with Crippen LogP contribution in [-0.4, -0.2) is 24.7 Å². The lowest BCUT2D eigenvalue weighted by Gasteiger charge is -2.41. The summed E-state index contributed by atoms with van der Waals surface area (Å²) in [5.41, 5.74) is 3.85. The number of nitrogens with two attached hydrogens (primary N) is 1. The average molecular weight is 237 g/mol. The first-order valence-corrected chi connectivity index (χ1v) is 5.40. The lowest BCUT2D eigenvalue weighted by Crippen LogP contribution is -2.47. The second kappa shape index (κ2) is 4.51. The molecule has 1 fully saturated rings. The van der Waals surface area contributed by atoms with Gasteiger partial charge >= 0.3 is 6.18 Å². The smallest absolute Gasteiger partial charge is 0.370 e. The Morgan fingerprint density at radius 2 is 2.00 bits per heavy atom. The van der Waals surface area contributed by atoms with E-state index in [1.165, 1.54) is 0 Å². The molecule has 0 unspecified atom stereocenters. The van der Waals surface area contributed by atoms with E-state index >= 15 is 0 Å². The van der Waals surface area contributed by atoms with Crippen LogP contribution in [0.15, 0.2) is 4.99 Å². The molecule has 0 radical (unpaired) electrons. The summed E-state index contributed by atoms with van der Waals surface area (Å²) in [6.45, 7) is 3.44. The minimum Gasteiger partial charge on any atom is -0.370 e. The van der Waals surface area contributed by atoms with E-state index in [4.69, 9.17) is 5.73 Å². The number of aliphatic imine (C=N–C) groups is 1. The highest BCUT2D eigenvalue weighted by Crippen LogP contribution is 2.53. The quantitative estimate of drug-likeness (QED) is 0.583. The zero-order valence-electron chi connectivity index (χ0n) is 9.56. The fraction of sp³-hybridized carbons (Fsp3) is 0.900. The summed E-state index contributed by atoms with van der Waals surface area (Å²) in [7, 11) is 0. The topological polar surface area (TPSA) is 50.4 Å². The van der Waals surface area contributed by atoms with Crippen LogP contribution in [0, 0.1) is 5.41 Å². The molecule has 0 atom stereocenters. The van der Waals surface area contributed by atoms with Crippen LogP contribution in [0.25, 0.3) is 0 Å². The second-order valence-corrected chi connectivity index (χ2v) is 4.63. The van der Waals surface area contributed by atoms with E-state index in [0.717, 1.165) is 0 Å². The lowest BCUT2D eigenvalue weighted by molar-refractivity contribution is -0.245. The third-order valence-electron chi connectivity index (χ3n) is 2.90. The summed E-state index contributed by atoms with van der Waals surface area (Å²) in [6, 6.07) is 0.0759. The molecular weight excluding hydrogens is 219 g/mol. The molecule has 16 heavy (non-hydrogen) atoms. The zero-order valence-corrected chi connectivity index (χ0v) is 9.56. The van der Waals surface area contributed by atoms with Crippen molar-refractivity contribution in [2.24, 2.45) is 16.1 Å². The van der Waals surface area contributed by atoms with Crippen LogP contribution in [0.4, 0.5) is 13.2 Å². The molecule has 0 aliphatic heterocycles. The highest BCUT2D eigenvalue weighted by atomic mass is 19.4. The van der Waals surface area contributed by atoms with Gasteiger partial charge in [0.15, 0.2) is 5.96 Å².